The van der Waals surface area contributed by atoms with Crippen LogP contribution >= 0.6 is 11.8 Å². The third kappa shape index (κ3) is 2.95. The fourth-order valence-electron chi connectivity index (χ4n) is 1.69. The molecule has 0 fully saturated rings. The number of amidine groups is 1. The number of benzene rings is 1. The third-order valence-corrected chi connectivity index (χ3v) is 3.47. The summed E-state index contributed by atoms with van der Waals surface area (Å²) in [5.41, 5.74) is 7.24. The van der Waals surface area contributed by atoms with Crippen LogP contribution in [0.1, 0.15) is 13.3 Å². The Balaban J connectivity index is 2.17. The second-order valence-corrected chi connectivity index (χ2v) is 5.51. The van der Waals surface area contributed by atoms with Crippen molar-refractivity contribution in [3.63, 3.8) is 0 Å². The van der Waals surface area contributed by atoms with Crippen molar-refractivity contribution >= 4 is 28.6 Å². The molecule has 1 unspecified atom stereocenters. The van der Waals surface area contributed by atoms with E-state index < -0.39 is 0 Å². The fraction of sp³-hybridized carbons (Fsp3) is 0.333. The average Bonchev–Trinajstić information content (AvgIpc) is 2.68. The Labute approximate surface area is 110 Å². The Morgan fingerprint density at radius 2 is 2.39 bits per heavy atom. The molecule has 0 aliphatic rings. The van der Waals surface area contributed by atoms with Gasteiger partial charge in [-0.15, -0.1) is 0 Å². The van der Waals surface area contributed by atoms with Crippen molar-refractivity contribution in [3.8, 4) is 5.75 Å². The van der Waals surface area contributed by atoms with Crippen LogP contribution in [-0.4, -0.2) is 28.2 Å². The van der Waals surface area contributed by atoms with E-state index in [9.17, 15) is 0 Å². The van der Waals surface area contributed by atoms with Crippen LogP contribution in [0.3, 0.4) is 0 Å². The summed E-state index contributed by atoms with van der Waals surface area (Å²) in [6.07, 6.45) is 0.561. The molecule has 0 aliphatic carbocycles. The van der Waals surface area contributed by atoms with E-state index in [4.69, 9.17) is 15.9 Å². The monoisotopic (exact) mass is 264 g/mol. The number of methoxy groups -OCH3 is 1. The number of nitrogens with zero attached hydrogens (tertiary/aromatic N) is 1. The number of rotatable bonds is 5. The number of nitrogens with two attached hydrogens (primary N) is 1. The minimum atomic E-state index is 0.202. The molecule has 0 radical (unpaired) electrons. The summed E-state index contributed by atoms with van der Waals surface area (Å²) < 4.78 is 5.17. The number of imidazole rings is 1. The lowest BCUT2D eigenvalue weighted by molar-refractivity contribution is 0.415. The van der Waals surface area contributed by atoms with E-state index in [0.717, 1.165) is 21.9 Å². The highest BCUT2D eigenvalue weighted by atomic mass is 32.2. The summed E-state index contributed by atoms with van der Waals surface area (Å²) in [7, 11) is 1.64. The van der Waals surface area contributed by atoms with Gasteiger partial charge >= 0.3 is 0 Å². The first-order valence-electron chi connectivity index (χ1n) is 5.62. The summed E-state index contributed by atoms with van der Waals surface area (Å²) in [5.74, 6) is 1.01. The molecular weight excluding hydrogens is 248 g/mol. The van der Waals surface area contributed by atoms with Gasteiger partial charge in [0.1, 0.15) is 5.75 Å². The average molecular weight is 264 g/mol. The smallest absolute Gasteiger partial charge is 0.166 e. The quantitative estimate of drug-likeness (QED) is 0.439. The molecule has 1 aromatic carbocycles. The van der Waals surface area contributed by atoms with E-state index in [-0.39, 0.29) is 11.1 Å². The largest absolute Gasteiger partial charge is 0.497 e. The van der Waals surface area contributed by atoms with Gasteiger partial charge in [0.2, 0.25) is 0 Å². The van der Waals surface area contributed by atoms with Gasteiger partial charge in [-0.25, -0.2) is 4.98 Å². The maximum absolute atomic E-state index is 7.27. The highest BCUT2D eigenvalue weighted by Crippen LogP contribution is 2.26. The molecular formula is C12H16N4OS. The number of fused-ring (bicyclic) bond motifs is 1. The lowest BCUT2D eigenvalue weighted by Gasteiger charge is -2.06. The predicted molar refractivity (Wildman–Crippen MR) is 74.5 cm³/mol. The molecule has 0 saturated carbocycles. The summed E-state index contributed by atoms with van der Waals surface area (Å²) in [6, 6.07) is 5.73. The SMILES string of the molecule is COc1ccc2nc(SC(C)CC(=N)N)[nH]c2c1. The minimum Gasteiger partial charge on any atom is -0.497 e. The van der Waals surface area contributed by atoms with Crippen molar-refractivity contribution in [2.24, 2.45) is 5.73 Å². The van der Waals surface area contributed by atoms with Gasteiger partial charge < -0.3 is 15.5 Å². The van der Waals surface area contributed by atoms with Gasteiger partial charge in [-0.05, 0) is 12.1 Å². The van der Waals surface area contributed by atoms with E-state index in [0.29, 0.717) is 6.42 Å². The first-order chi connectivity index (χ1) is 8.58. The molecule has 4 N–H and O–H groups in total. The number of aromatic nitrogens is 2. The second-order valence-electron chi connectivity index (χ2n) is 4.08. The number of ether oxygens (including phenoxy) is 1. The zero-order valence-corrected chi connectivity index (χ0v) is 11.2. The zero-order chi connectivity index (χ0) is 13.1. The van der Waals surface area contributed by atoms with E-state index >= 15 is 0 Å². The van der Waals surface area contributed by atoms with Crippen LogP contribution in [-0.2, 0) is 0 Å². The molecule has 1 atom stereocenters. The lowest BCUT2D eigenvalue weighted by atomic mass is 10.3. The summed E-state index contributed by atoms with van der Waals surface area (Å²) >= 11 is 1.58. The molecule has 0 aliphatic heterocycles. The van der Waals surface area contributed by atoms with Crippen molar-refractivity contribution in [1.82, 2.24) is 9.97 Å². The molecule has 2 aromatic rings. The number of H-pyrrole nitrogens is 1. The maximum Gasteiger partial charge on any atom is 0.166 e. The first kappa shape index (κ1) is 12.8. The van der Waals surface area contributed by atoms with Crippen LogP contribution in [0.4, 0.5) is 0 Å². The maximum atomic E-state index is 7.27. The van der Waals surface area contributed by atoms with Crippen LogP contribution in [0.2, 0.25) is 0 Å². The lowest BCUT2D eigenvalue weighted by Crippen LogP contribution is -2.14. The van der Waals surface area contributed by atoms with Crippen molar-refractivity contribution in [2.75, 3.05) is 7.11 Å². The predicted octanol–water partition coefficient (Wildman–Crippen LogP) is 2.38. The molecule has 1 heterocycles. The number of aromatic amines is 1. The molecule has 96 valence electrons. The number of hydrogen-bond acceptors (Lipinski definition) is 4. The van der Waals surface area contributed by atoms with E-state index in [2.05, 4.69) is 9.97 Å². The van der Waals surface area contributed by atoms with Gasteiger partial charge in [-0.1, -0.05) is 18.7 Å². The number of nitrogens with one attached hydrogen (secondary N) is 2. The first-order valence-corrected chi connectivity index (χ1v) is 6.49. The van der Waals surface area contributed by atoms with E-state index in [1.807, 2.05) is 25.1 Å². The van der Waals surface area contributed by atoms with Gasteiger partial charge in [-0.2, -0.15) is 0 Å². The highest BCUT2D eigenvalue weighted by Gasteiger charge is 2.10. The Kier molecular flexibility index (Phi) is 3.76. The Hall–Kier alpha value is -1.69. The van der Waals surface area contributed by atoms with E-state index in [1.165, 1.54) is 0 Å². The molecule has 0 bridgehead atoms. The standard InChI is InChI=1S/C12H16N4OS/c1-7(5-11(13)14)18-12-15-9-4-3-8(17-2)6-10(9)16-12/h3-4,6-7H,5H2,1-2H3,(H3,13,14)(H,15,16). The van der Waals surface area contributed by atoms with Gasteiger partial charge in [0.25, 0.3) is 0 Å². The van der Waals surface area contributed by atoms with Crippen LogP contribution < -0.4 is 10.5 Å². The molecule has 0 amide bonds. The summed E-state index contributed by atoms with van der Waals surface area (Å²) in [4.78, 5) is 7.71. The summed E-state index contributed by atoms with van der Waals surface area (Å²) in [5, 5.41) is 8.34. The van der Waals surface area contributed by atoms with Crippen molar-refractivity contribution in [2.45, 2.75) is 23.8 Å². The molecule has 5 nitrogen and oxygen atoms in total. The van der Waals surface area contributed by atoms with E-state index in [1.54, 1.807) is 18.9 Å². The normalized spacial score (nSPS) is 12.6. The molecule has 1 aromatic heterocycles. The van der Waals surface area contributed by atoms with Crippen LogP contribution in [0, 0.1) is 5.41 Å². The van der Waals surface area contributed by atoms with Crippen LogP contribution in [0.15, 0.2) is 23.4 Å². The summed E-state index contributed by atoms with van der Waals surface area (Å²) in [6.45, 7) is 2.03. The minimum absolute atomic E-state index is 0.202. The van der Waals surface area contributed by atoms with Crippen molar-refractivity contribution in [3.05, 3.63) is 18.2 Å². The Morgan fingerprint density at radius 1 is 1.61 bits per heavy atom. The fourth-order valence-corrected chi connectivity index (χ4v) is 2.65. The zero-order valence-electron chi connectivity index (χ0n) is 10.4. The van der Waals surface area contributed by atoms with Crippen LogP contribution in [0.5, 0.6) is 5.75 Å². The molecule has 2 rings (SSSR count). The highest BCUT2D eigenvalue weighted by molar-refractivity contribution is 7.99. The number of hydrogen-bond donors (Lipinski definition) is 3. The van der Waals surface area contributed by atoms with Gasteiger partial charge in [-0.3, -0.25) is 5.41 Å². The molecule has 0 saturated heterocycles. The molecule has 6 heteroatoms. The van der Waals surface area contributed by atoms with Crippen LogP contribution in [0.25, 0.3) is 11.0 Å². The van der Waals surface area contributed by atoms with Crippen molar-refractivity contribution < 1.29 is 4.74 Å². The molecule has 18 heavy (non-hydrogen) atoms. The molecule has 0 spiro atoms. The van der Waals surface area contributed by atoms with Gasteiger partial charge in [0.05, 0.1) is 24.0 Å². The number of thioether (sulfide) groups is 1. The second kappa shape index (κ2) is 5.30. The third-order valence-electron chi connectivity index (χ3n) is 2.49. The van der Waals surface area contributed by atoms with Gasteiger partial charge in [0.15, 0.2) is 5.16 Å². The Morgan fingerprint density at radius 3 is 3.06 bits per heavy atom. The van der Waals surface area contributed by atoms with Gasteiger partial charge in [0, 0.05) is 17.7 Å². The van der Waals surface area contributed by atoms with Crippen molar-refractivity contribution in [1.29, 1.82) is 5.41 Å². The topological polar surface area (TPSA) is 87.8 Å². The Bertz CT molecular complexity index is 566.